The molecule has 0 radical (unpaired) electrons. The predicted molar refractivity (Wildman–Crippen MR) is 81.6 cm³/mol. The van der Waals surface area contributed by atoms with Gasteiger partial charge in [0.25, 0.3) is 0 Å². The Bertz CT molecular complexity index is 804. The normalized spacial score (nSPS) is 22.0. The van der Waals surface area contributed by atoms with Gasteiger partial charge in [-0.3, -0.25) is 9.94 Å². The summed E-state index contributed by atoms with van der Waals surface area (Å²) in [6.07, 6.45) is 0. The number of hydrogen-bond acceptors (Lipinski definition) is 4. The Balaban J connectivity index is 1.66. The lowest BCUT2D eigenvalue weighted by molar-refractivity contribution is -0.143. The Hall–Kier alpha value is -2.87. The van der Waals surface area contributed by atoms with E-state index in [1.807, 2.05) is 30.3 Å². The number of aromatic amines is 1. The zero-order chi connectivity index (χ0) is 16.8. The Morgan fingerprint density at radius 3 is 2.88 bits per heavy atom. The number of hydrogen-bond donors (Lipinski definition) is 2. The number of carboxylic acids is 1. The largest absolute Gasteiger partial charge is 0.479 e. The van der Waals surface area contributed by atoms with E-state index in [-0.39, 0.29) is 19.2 Å². The van der Waals surface area contributed by atoms with E-state index in [4.69, 9.17) is 4.84 Å². The van der Waals surface area contributed by atoms with Gasteiger partial charge in [-0.05, 0) is 12.5 Å². The number of benzene rings is 1. The molecule has 2 aliphatic heterocycles. The van der Waals surface area contributed by atoms with Crippen LogP contribution < -0.4 is 0 Å². The fourth-order valence-corrected chi connectivity index (χ4v) is 3.39. The number of hydroxylamine groups is 2. The number of nitrogens with zero attached hydrogens (tertiary/aromatic N) is 3. The maximum atomic E-state index is 12.6. The van der Waals surface area contributed by atoms with Gasteiger partial charge < -0.3 is 10.0 Å². The van der Waals surface area contributed by atoms with Gasteiger partial charge >= 0.3 is 12.0 Å². The Labute approximate surface area is 137 Å². The van der Waals surface area contributed by atoms with E-state index in [1.165, 1.54) is 9.96 Å². The number of carbonyl (C=O) groups excluding carboxylic acids is 1. The lowest BCUT2D eigenvalue weighted by Gasteiger charge is -2.27. The van der Waals surface area contributed by atoms with Crippen molar-refractivity contribution in [2.24, 2.45) is 0 Å². The van der Waals surface area contributed by atoms with Crippen LogP contribution in [0.3, 0.4) is 0 Å². The first-order valence-corrected chi connectivity index (χ1v) is 7.62. The van der Waals surface area contributed by atoms with Gasteiger partial charge in [-0.25, -0.2) is 9.59 Å². The topological polar surface area (TPSA) is 98.8 Å². The van der Waals surface area contributed by atoms with Gasteiger partial charge in [0.05, 0.1) is 17.9 Å². The number of amides is 2. The third kappa shape index (κ3) is 2.07. The molecule has 2 atom stereocenters. The summed E-state index contributed by atoms with van der Waals surface area (Å²) in [5.74, 6) is -1.09. The van der Waals surface area contributed by atoms with E-state index in [2.05, 4.69) is 10.2 Å². The maximum absolute atomic E-state index is 12.6. The number of aryl methyl sites for hydroxylation is 1. The van der Waals surface area contributed by atoms with Crippen molar-refractivity contribution in [1.82, 2.24) is 20.2 Å². The van der Waals surface area contributed by atoms with Gasteiger partial charge in [0.1, 0.15) is 12.6 Å². The molecule has 4 rings (SSSR count). The lowest BCUT2D eigenvalue weighted by Crippen LogP contribution is -2.38. The van der Waals surface area contributed by atoms with Crippen molar-refractivity contribution in [1.29, 1.82) is 0 Å². The highest BCUT2D eigenvalue weighted by Crippen LogP contribution is 2.44. The summed E-state index contributed by atoms with van der Waals surface area (Å²) in [6, 6.07) is 7.65. The summed E-state index contributed by atoms with van der Waals surface area (Å²) in [4.78, 5) is 31.3. The Kier molecular flexibility index (Phi) is 3.27. The van der Waals surface area contributed by atoms with Crippen LogP contribution in [0.5, 0.6) is 0 Å². The highest BCUT2D eigenvalue weighted by atomic mass is 16.7. The molecule has 0 saturated carbocycles. The Morgan fingerprint density at radius 2 is 2.17 bits per heavy atom. The molecule has 3 heterocycles. The molecular formula is C16H16N4O4. The van der Waals surface area contributed by atoms with E-state index in [0.717, 1.165) is 11.1 Å². The molecule has 8 heteroatoms. The summed E-state index contributed by atoms with van der Waals surface area (Å²) in [7, 11) is 0. The second kappa shape index (κ2) is 5.34. The second-order valence-electron chi connectivity index (χ2n) is 5.91. The number of carboxylic acid groups (broad SMARTS) is 1. The van der Waals surface area contributed by atoms with Gasteiger partial charge in [0.15, 0.2) is 6.04 Å². The predicted octanol–water partition coefficient (Wildman–Crippen LogP) is 1.77. The molecular weight excluding hydrogens is 312 g/mol. The van der Waals surface area contributed by atoms with Crippen molar-refractivity contribution < 1.29 is 19.5 Å². The van der Waals surface area contributed by atoms with Crippen molar-refractivity contribution in [2.75, 3.05) is 6.54 Å². The van der Waals surface area contributed by atoms with Crippen molar-refractivity contribution in [2.45, 2.75) is 25.6 Å². The third-order valence-electron chi connectivity index (χ3n) is 4.48. The Morgan fingerprint density at radius 1 is 1.42 bits per heavy atom. The van der Waals surface area contributed by atoms with Crippen LogP contribution in [-0.2, 0) is 16.2 Å². The van der Waals surface area contributed by atoms with Gasteiger partial charge in [-0.2, -0.15) is 10.2 Å². The molecule has 2 aliphatic rings. The van der Waals surface area contributed by atoms with E-state index in [9.17, 15) is 14.7 Å². The maximum Gasteiger partial charge on any atom is 0.345 e. The van der Waals surface area contributed by atoms with Crippen LogP contribution in [0, 0.1) is 6.92 Å². The molecule has 0 unspecified atom stereocenters. The zero-order valence-electron chi connectivity index (χ0n) is 13.0. The first-order chi connectivity index (χ1) is 11.6. The average molecular weight is 328 g/mol. The van der Waals surface area contributed by atoms with Crippen LogP contribution in [0.2, 0.25) is 0 Å². The van der Waals surface area contributed by atoms with Crippen LogP contribution in [0.1, 0.15) is 34.6 Å². The minimum absolute atomic E-state index is 0.237. The van der Waals surface area contributed by atoms with Gasteiger partial charge in [-0.1, -0.05) is 30.3 Å². The standard InChI is InChI=1S/C16H16N4O4/c1-9-12-11-7-19(14(15(21)22)13(12)18-17-9)16(23)20(11)24-8-10-5-3-2-4-6-10/h2-6,11,14H,7-8H2,1H3,(H,17,18)(H,21,22)/t11-,14+/m1/s1. The molecule has 24 heavy (non-hydrogen) atoms. The van der Waals surface area contributed by atoms with Crippen LogP contribution >= 0.6 is 0 Å². The van der Waals surface area contributed by atoms with Crippen LogP contribution in [0.15, 0.2) is 30.3 Å². The monoisotopic (exact) mass is 328 g/mol. The number of H-pyrrole nitrogens is 1. The highest BCUT2D eigenvalue weighted by molar-refractivity contribution is 5.86. The first-order valence-electron chi connectivity index (χ1n) is 7.62. The fraction of sp³-hybridized carbons (Fsp3) is 0.312. The van der Waals surface area contributed by atoms with E-state index in [0.29, 0.717) is 11.4 Å². The number of fused-ring (bicyclic) bond motifs is 4. The molecule has 1 aromatic heterocycles. The highest BCUT2D eigenvalue weighted by Gasteiger charge is 2.52. The number of nitrogens with one attached hydrogen (secondary N) is 1. The van der Waals surface area contributed by atoms with E-state index in [1.54, 1.807) is 6.92 Å². The molecule has 1 fully saturated rings. The van der Waals surface area contributed by atoms with E-state index >= 15 is 0 Å². The number of carbonyl (C=O) groups is 2. The summed E-state index contributed by atoms with van der Waals surface area (Å²) >= 11 is 0. The van der Waals surface area contributed by atoms with Crippen molar-refractivity contribution in [3.63, 3.8) is 0 Å². The quantitative estimate of drug-likeness (QED) is 0.891. The zero-order valence-corrected chi connectivity index (χ0v) is 13.0. The summed E-state index contributed by atoms with van der Waals surface area (Å²) in [5.41, 5.74) is 2.80. The average Bonchev–Trinajstić information content (AvgIpc) is 3.07. The minimum Gasteiger partial charge on any atom is -0.479 e. The second-order valence-corrected chi connectivity index (χ2v) is 5.91. The molecule has 124 valence electrons. The van der Waals surface area contributed by atoms with E-state index < -0.39 is 18.0 Å². The third-order valence-corrected chi connectivity index (χ3v) is 4.48. The van der Waals surface area contributed by atoms with Crippen LogP contribution in [0.25, 0.3) is 0 Å². The molecule has 2 aromatic rings. The van der Waals surface area contributed by atoms with Gasteiger partial charge in [0.2, 0.25) is 0 Å². The molecule has 2 bridgehead atoms. The number of urea groups is 1. The molecule has 1 saturated heterocycles. The number of aliphatic carboxylic acids is 1. The molecule has 0 aliphatic carbocycles. The molecule has 8 nitrogen and oxygen atoms in total. The van der Waals surface area contributed by atoms with Crippen molar-refractivity contribution in [3.05, 3.63) is 52.8 Å². The van der Waals surface area contributed by atoms with Gasteiger partial charge in [0, 0.05) is 5.56 Å². The van der Waals surface area contributed by atoms with Crippen molar-refractivity contribution >= 4 is 12.0 Å². The summed E-state index contributed by atoms with van der Waals surface area (Å²) < 4.78 is 0. The number of aromatic nitrogens is 2. The molecule has 2 N–H and O–H groups in total. The summed E-state index contributed by atoms with van der Waals surface area (Å²) in [6.45, 7) is 2.31. The fourth-order valence-electron chi connectivity index (χ4n) is 3.39. The molecule has 1 aromatic carbocycles. The smallest absolute Gasteiger partial charge is 0.345 e. The van der Waals surface area contributed by atoms with Crippen molar-refractivity contribution in [3.8, 4) is 0 Å². The van der Waals surface area contributed by atoms with Gasteiger partial charge in [-0.15, -0.1) is 0 Å². The van der Waals surface area contributed by atoms with Crippen LogP contribution in [-0.4, -0.2) is 43.8 Å². The molecule has 0 spiro atoms. The first kappa shape index (κ1) is 14.7. The minimum atomic E-state index is -1.09. The lowest BCUT2D eigenvalue weighted by atomic mass is 9.96. The molecule has 2 amide bonds. The SMILES string of the molecule is Cc1n[nH]c2c1[C@H]1CN(C(=O)N1OCc1ccccc1)[C@@H]2C(=O)O. The summed E-state index contributed by atoms with van der Waals surface area (Å²) in [5, 5.41) is 17.7. The number of rotatable bonds is 4. The van der Waals surface area contributed by atoms with Crippen LogP contribution in [0.4, 0.5) is 4.79 Å².